The lowest BCUT2D eigenvalue weighted by atomic mass is 10.1. The minimum Gasteiger partial charge on any atom is -0.381 e. The molecule has 0 aliphatic rings. The Balaban J connectivity index is 1.94. The molecule has 0 radical (unpaired) electrons. The van der Waals surface area contributed by atoms with Gasteiger partial charge < -0.3 is 4.74 Å². The number of fused-ring (bicyclic) bond motifs is 1. The van der Waals surface area contributed by atoms with Crippen molar-refractivity contribution in [3.8, 4) is 0 Å². The molecular weight excluding hydrogens is 250 g/mol. The molecule has 0 fully saturated rings. The van der Waals surface area contributed by atoms with Crippen LogP contribution < -0.4 is 11.3 Å². The van der Waals surface area contributed by atoms with Gasteiger partial charge >= 0.3 is 0 Å². The first-order chi connectivity index (χ1) is 9.83. The third-order valence-corrected chi connectivity index (χ3v) is 3.31. The molecule has 0 saturated carbocycles. The van der Waals surface area contributed by atoms with Crippen LogP contribution in [0.15, 0.2) is 36.4 Å². The number of nitrogens with one attached hydrogen (secondary N) is 1. The summed E-state index contributed by atoms with van der Waals surface area (Å²) in [4.78, 5) is 4.67. The van der Waals surface area contributed by atoms with Crippen LogP contribution in [0.1, 0.15) is 25.5 Å². The first-order valence-electron chi connectivity index (χ1n) is 7.22. The van der Waals surface area contributed by atoms with Gasteiger partial charge in [0.05, 0.1) is 5.52 Å². The molecule has 0 bridgehead atoms. The zero-order chi connectivity index (χ0) is 14.2. The summed E-state index contributed by atoms with van der Waals surface area (Å²) in [7, 11) is 0. The zero-order valence-corrected chi connectivity index (χ0v) is 12.0. The Morgan fingerprint density at radius 2 is 2.05 bits per heavy atom. The van der Waals surface area contributed by atoms with Crippen molar-refractivity contribution in [3.05, 3.63) is 42.1 Å². The van der Waals surface area contributed by atoms with Crippen molar-refractivity contribution in [2.45, 2.75) is 32.2 Å². The van der Waals surface area contributed by atoms with Gasteiger partial charge in [0, 0.05) is 36.8 Å². The Labute approximate surface area is 120 Å². The van der Waals surface area contributed by atoms with Gasteiger partial charge in [-0.05, 0) is 25.0 Å². The van der Waals surface area contributed by atoms with E-state index in [9.17, 15) is 0 Å². The number of nitrogens with zero attached hydrogens (tertiary/aromatic N) is 1. The molecule has 0 saturated heterocycles. The van der Waals surface area contributed by atoms with Crippen LogP contribution in [0.3, 0.4) is 0 Å². The molecule has 2 rings (SSSR count). The summed E-state index contributed by atoms with van der Waals surface area (Å²) < 4.78 is 5.51. The van der Waals surface area contributed by atoms with Gasteiger partial charge in [-0.1, -0.05) is 31.2 Å². The van der Waals surface area contributed by atoms with Gasteiger partial charge in [-0.15, -0.1) is 0 Å². The molecule has 1 aromatic carbocycles. The van der Waals surface area contributed by atoms with Gasteiger partial charge in [0.15, 0.2) is 0 Å². The zero-order valence-electron chi connectivity index (χ0n) is 12.0. The van der Waals surface area contributed by atoms with Crippen molar-refractivity contribution in [3.63, 3.8) is 0 Å². The van der Waals surface area contributed by atoms with Crippen LogP contribution in [0.2, 0.25) is 0 Å². The van der Waals surface area contributed by atoms with Crippen LogP contribution in [0.5, 0.6) is 0 Å². The number of rotatable bonds is 8. The lowest BCUT2D eigenvalue weighted by Crippen LogP contribution is -2.37. The Morgan fingerprint density at radius 1 is 1.20 bits per heavy atom. The summed E-state index contributed by atoms with van der Waals surface area (Å²) in [5.41, 5.74) is 4.94. The van der Waals surface area contributed by atoms with E-state index in [0.717, 1.165) is 43.7 Å². The Kier molecular flexibility index (Phi) is 5.92. The number of pyridine rings is 1. The van der Waals surface area contributed by atoms with Gasteiger partial charge in [0.1, 0.15) is 0 Å². The highest BCUT2D eigenvalue weighted by Gasteiger charge is 2.09. The van der Waals surface area contributed by atoms with Crippen LogP contribution in [0.4, 0.5) is 0 Å². The van der Waals surface area contributed by atoms with Crippen LogP contribution in [0, 0.1) is 0 Å². The number of hydrogen-bond donors (Lipinski definition) is 2. The van der Waals surface area contributed by atoms with E-state index >= 15 is 0 Å². The smallest absolute Gasteiger partial charge is 0.0705 e. The molecule has 1 unspecified atom stereocenters. The van der Waals surface area contributed by atoms with E-state index in [1.165, 1.54) is 5.39 Å². The number of aromatic nitrogens is 1. The van der Waals surface area contributed by atoms with Gasteiger partial charge in [-0.25, -0.2) is 0 Å². The van der Waals surface area contributed by atoms with Crippen molar-refractivity contribution in [1.82, 2.24) is 10.4 Å². The van der Waals surface area contributed by atoms with E-state index in [-0.39, 0.29) is 6.04 Å². The Morgan fingerprint density at radius 3 is 2.85 bits per heavy atom. The van der Waals surface area contributed by atoms with Crippen LogP contribution in [-0.4, -0.2) is 24.2 Å². The fourth-order valence-corrected chi connectivity index (χ4v) is 2.19. The third-order valence-electron chi connectivity index (χ3n) is 3.31. The minimum absolute atomic E-state index is 0.195. The van der Waals surface area contributed by atoms with Gasteiger partial charge in [-0.2, -0.15) is 0 Å². The molecule has 0 aliphatic carbocycles. The highest BCUT2D eigenvalue weighted by molar-refractivity contribution is 5.78. The number of hydrazine groups is 1. The minimum atomic E-state index is 0.195. The molecule has 1 atom stereocenters. The standard InChI is InChI=1S/C16H23N3O/c1-2-10-20-11-9-15(19-17)12-14-8-7-13-5-3-4-6-16(13)18-14/h3-8,15,19H,2,9-12,17H2,1H3. The number of nitrogens with two attached hydrogens (primary N) is 1. The molecule has 0 aliphatic heterocycles. The fraction of sp³-hybridized carbons (Fsp3) is 0.438. The molecule has 4 heteroatoms. The molecule has 1 aromatic heterocycles. The van der Waals surface area contributed by atoms with E-state index in [1.54, 1.807) is 0 Å². The number of para-hydroxylation sites is 1. The molecule has 0 amide bonds. The number of ether oxygens (including phenoxy) is 1. The fourth-order valence-electron chi connectivity index (χ4n) is 2.19. The molecule has 108 valence electrons. The summed E-state index contributed by atoms with van der Waals surface area (Å²) in [6, 6.07) is 12.5. The monoisotopic (exact) mass is 273 g/mol. The maximum atomic E-state index is 5.61. The summed E-state index contributed by atoms with van der Waals surface area (Å²) in [6.07, 6.45) is 2.76. The highest BCUT2D eigenvalue weighted by Crippen LogP contribution is 2.13. The first kappa shape index (κ1) is 14.9. The average molecular weight is 273 g/mol. The van der Waals surface area contributed by atoms with E-state index in [0.29, 0.717) is 0 Å². The van der Waals surface area contributed by atoms with Crippen LogP contribution in [-0.2, 0) is 11.2 Å². The summed E-state index contributed by atoms with van der Waals surface area (Å²) in [5.74, 6) is 5.61. The lowest BCUT2D eigenvalue weighted by Gasteiger charge is -2.15. The molecule has 4 nitrogen and oxygen atoms in total. The summed E-state index contributed by atoms with van der Waals surface area (Å²) >= 11 is 0. The average Bonchev–Trinajstić information content (AvgIpc) is 2.50. The third kappa shape index (κ3) is 4.27. The van der Waals surface area contributed by atoms with Gasteiger partial charge in [-0.3, -0.25) is 16.3 Å². The van der Waals surface area contributed by atoms with Crippen LogP contribution in [0.25, 0.3) is 10.9 Å². The second kappa shape index (κ2) is 7.94. The van der Waals surface area contributed by atoms with Crippen molar-refractivity contribution in [2.75, 3.05) is 13.2 Å². The first-order valence-corrected chi connectivity index (χ1v) is 7.22. The Bertz CT molecular complexity index is 530. The topological polar surface area (TPSA) is 60.2 Å². The van der Waals surface area contributed by atoms with E-state index in [4.69, 9.17) is 10.6 Å². The van der Waals surface area contributed by atoms with Crippen LogP contribution >= 0.6 is 0 Å². The molecular formula is C16H23N3O. The quantitative estimate of drug-likeness (QED) is 0.440. The highest BCUT2D eigenvalue weighted by atomic mass is 16.5. The number of hydrogen-bond acceptors (Lipinski definition) is 4. The van der Waals surface area contributed by atoms with Crippen molar-refractivity contribution >= 4 is 10.9 Å². The predicted octanol–water partition coefficient (Wildman–Crippen LogP) is 2.43. The maximum absolute atomic E-state index is 5.61. The molecule has 0 spiro atoms. The van der Waals surface area contributed by atoms with Gasteiger partial charge in [0.25, 0.3) is 0 Å². The van der Waals surface area contributed by atoms with Crippen molar-refractivity contribution in [1.29, 1.82) is 0 Å². The second-order valence-electron chi connectivity index (χ2n) is 4.96. The van der Waals surface area contributed by atoms with Crippen molar-refractivity contribution in [2.24, 2.45) is 5.84 Å². The molecule has 2 aromatic rings. The molecule has 1 heterocycles. The normalized spacial score (nSPS) is 12.7. The van der Waals surface area contributed by atoms with E-state index < -0.39 is 0 Å². The maximum Gasteiger partial charge on any atom is 0.0705 e. The second-order valence-corrected chi connectivity index (χ2v) is 4.96. The predicted molar refractivity (Wildman–Crippen MR) is 82.3 cm³/mol. The van der Waals surface area contributed by atoms with E-state index in [2.05, 4.69) is 35.5 Å². The Hall–Kier alpha value is -1.49. The van der Waals surface area contributed by atoms with Crippen molar-refractivity contribution < 1.29 is 4.74 Å². The SMILES string of the molecule is CCCOCCC(Cc1ccc2ccccc2n1)NN. The van der Waals surface area contributed by atoms with Gasteiger partial charge in [0.2, 0.25) is 0 Å². The summed E-state index contributed by atoms with van der Waals surface area (Å²) in [6.45, 7) is 3.65. The number of benzene rings is 1. The summed E-state index contributed by atoms with van der Waals surface area (Å²) in [5, 5.41) is 1.17. The van der Waals surface area contributed by atoms with E-state index in [1.807, 2.05) is 18.2 Å². The molecule has 20 heavy (non-hydrogen) atoms. The molecule has 3 N–H and O–H groups in total. The largest absolute Gasteiger partial charge is 0.381 e. The lowest BCUT2D eigenvalue weighted by molar-refractivity contribution is 0.124.